The summed E-state index contributed by atoms with van der Waals surface area (Å²) in [6.07, 6.45) is -4.77. The van der Waals surface area contributed by atoms with Crippen molar-refractivity contribution in [3.8, 4) is 5.75 Å². The van der Waals surface area contributed by atoms with Crippen LogP contribution in [0.1, 0.15) is 0 Å². The van der Waals surface area contributed by atoms with Gasteiger partial charge in [-0.25, -0.2) is 13.1 Å². The van der Waals surface area contributed by atoms with Gasteiger partial charge in [-0.15, -0.1) is 24.5 Å². The van der Waals surface area contributed by atoms with Crippen molar-refractivity contribution in [1.82, 2.24) is 4.72 Å². The van der Waals surface area contributed by atoms with Gasteiger partial charge in [0, 0.05) is 12.2 Å². The monoisotopic (exact) mass is 442 g/mol. The quantitative estimate of drug-likeness (QED) is 0.347. The largest absolute Gasteiger partial charge is 0.573 e. The molecule has 0 atom stereocenters. The van der Waals surface area contributed by atoms with E-state index in [1.807, 2.05) is 0 Å². The molecule has 0 aliphatic carbocycles. The first-order chi connectivity index (χ1) is 12.5. The number of halogens is 4. The van der Waals surface area contributed by atoms with Crippen LogP contribution in [0.3, 0.4) is 0 Å². The molecule has 0 unspecified atom stereocenters. The SMILES string of the molecule is NC(=NCCNS(=O)(=O)c1ccc(Cl)s1)Nc1ccc(OC(F)(F)F)cc1. The highest BCUT2D eigenvalue weighted by Gasteiger charge is 2.30. The van der Waals surface area contributed by atoms with Crippen LogP contribution in [0.25, 0.3) is 0 Å². The van der Waals surface area contributed by atoms with Crippen molar-refractivity contribution in [1.29, 1.82) is 0 Å². The molecule has 0 aliphatic rings. The first-order valence-electron chi connectivity index (χ1n) is 7.23. The molecule has 2 aromatic rings. The van der Waals surface area contributed by atoms with Crippen molar-refractivity contribution >= 4 is 44.6 Å². The van der Waals surface area contributed by atoms with Crippen LogP contribution in [0.4, 0.5) is 18.9 Å². The van der Waals surface area contributed by atoms with Crippen molar-refractivity contribution in [2.45, 2.75) is 10.6 Å². The molecule has 0 saturated carbocycles. The van der Waals surface area contributed by atoms with Crippen molar-refractivity contribution in [3.63, 3.8) is 0 Å². The summed E-state index contributed by atoms with van der Waals surface area (Å²) in [7, 11) is -3.67. The van der Waals surface area contributed by atoms with Crippen LogP contribution in [0.15, 0.2) is 45.6 Å². The molecular weight excluding hydrogens is 429 g/mol. The number of rotatable bonds is 7. The maximum atomic E-state index is 12.1. The molecule has 13 heteroatoms. The van der Waals surface area contributed by atoms with E-state index in [2.05, 4.69) is 19.8 Å². The molecule has 0 fully saturated rings. The van der Waals surface area contributed by atoms with Crippen molar-refractivity contribution in [2.24, 2.45) is 10.7 Å². The fourth-order valence-corrected chi connectivity index (χ4v) is 4.35. The molecule has 148 valence electrons. The Morgan fingerprint density at radius 1 is 1.22 bits per heavy atom. The van der Waals surface area contributed by atoms with Crippen LogP contribution < -0.4 is 20.5 Å². The highest BCUT2D eigenvalue weighted by atomic mass is 35.5. The van der Waals surface area contributed by atoms with Gasteiger partial charge in [-0.05, 0) is 36.4 Å². The second-order valence-electron chi connectivity index (χ2n) is 4.92. The van der Waals surface area contributed by atoms with E-state index in [1.54, 1.807) is 0 Å². The number of alkyl halides is 3. The zero-order chi connectivity index (χ0) is 20.1. The molecule has 0 bridgehead atoms. The number of hydrogen-bond donors (Lipinski definition) is 3. The molecule has 1 heterocycles. The summed E-state index contributed by atoms with van der Waals surface area (Å²) in [5.41, 5.74) is 6.03. The number of guanidine groups is 1. The van der Waals surface area contributed by atoms with Crippen molar-refractivity contribution < 1.29 is 26.3 Å². The summed E-state index contributed by atoms with van der Waals surface area (Å²) in [5, 5.41) is 2.66. The van der Waals surface area contributed by atoms with E-state index in [0.29, 0.717) is 10.0 Å². The third kappa shape index (κ3) is 7.25. The van der Waals surface area contributed by atoms with Gasteiger partial charge in [-0.3, -0.25) is 4.99 Å². The number of nitrogens with one attached hydrogen (secondary N) is 2. The number of hydrogen-bond acceptors (Lipinski definition) is 5. The van der Waals surface area contributed by atoms with E-state index in [4.69, 9.17) is 17.3 Å². The Kier molecular flexibility index (Phi) is 6.92. The summed E-state index contributed by atoms with van der Waals surface area (Å²) in [6.45, 7) is 0.0467. The number of ether oxygens (including phenoxy) is 1. The minimum absolute atomic E-state index is 0.00140. The topological polar surface area (TPSA) is 106 Å². The van der Waals surface area contributed by atoms with E-state index in [-0.39, 0.29) is 29.0 Å². The Morgan fingerprint density at radius 2 is 1.89 bits per heavy atom. The van der Waals surface area contributed by atoms with Gasteiger partial charge in [0.25, 0.3) is 0 Å². The lowest BCUT2D eigenvalue weighted by Gasteiger charge is -2.10. The predicted octanol–water partition coefficient (Wildman–Crippen LogP) is 3.01. The van der Waals surface area contributed by atoms with E-state index in [1.165, 1.54) is 24.3 Å². The lowest BCUT2D eigenvalue weighted by molar-refractivity contribution is -0.274. The molecule has 1 aromatic heterocycles. The normalized spacial score (nSPS) is 12.8. The van der Waals surface area contributed by atoms with Crippen molar-refractivity contribution in [3.05, 3.63) is 40.7 Å². The number of benzene rings is 1. The standard InChI is InChI=1S/C14H14ClF3N4O3S2/c15-11-5-6-12(26-11)27(23,24)21-8-7-20-13(19)22-9-1-3-10(4-2-9)25-14(16,17)18/h1-6,21H,7-8H2,(H3,19,20,22). The number of sulfonamides is 1. The summed E-state index contributed by atoms with van der Waals surface area (Å²) in [5.74, 6) is -0.399. The fraction of sp³-hybridized carbons (Fsp3) is 0.214. The first-order valence-corrected chi connectivity index (χ1v) is 9.91. The van der Waals surface area contributed by atoms with Crippen LogP contribution in [-0.2, 0) is 10.0 Å². The molecule has 27 heavy (non-hydrogen) atoms. The summed E-state index contributed by atoms with van der Waals surface area (Å²) in [4.78, 5) is 3.93. The zero-order valence-corrected chi connectivity index (χ0v) is 15.8. The molecular formula is C14H14ClF3N4O3S2. The number of thiophene rings is 1. The third-order valence-corrected chi connectivity index (χ3v) is 6.04. The summed E-state index contributed by atoms with van der Waals surface area (Å²) >= 11 is 6.63. The number of aliphatic imine (C=N–C) groups is 1. The van der Waals surface area contributed by atoms with Gasteiger partial charge in [-0.2, -0.15) is 0 Å². The van der Waals surface area contributed by atoms with Gasteiger partial charge in [0.1, 0.15) is 9.96 Å². The Labute approximate surface area is 162 Å². The smallest absolute Gasteiger partial charge is 0.406 e. The average molecular weight is 443 g/mol. The Balaban J connectivity index is 1.82. The van der Waals surface area contributed by atoms with Gasteiger partial charge in [0.15, 0.2) is 5.96 Å². The lowest BCUT2D eigenvalue weighted by Crippen LogP contribution is -2.28. The molecule has 0 aliphatic heterocycles. The van der Waals surface area contributed by atoms with Crippen LogP contribution in [0.2, 0.25) is 4.34 Å². The van der Waals surface area contributed by atoms with Gasteiger partial charge >= 0.3 is 6.36 Å². The Hall–Kier alpha value is -2.02. The fourth-order valence-electron chi connectivity index (χ4n) is 1.80. The highest BCUT2D eigenvalue weighted by Crippen LogP contribution is 2.25. The second kappa shape index (κ2) is 8.78. The second-order valence-corrected chi connectivity index (χ2v) is 8.63. The van der Waals surface area contributed by atoms with Gasteiger partial charge in [-0.1, -0.05) is 11.6 Å². The van der Waals surface area contributed by atoms with Crippen LogP contribution in [0, 0.1) is 0 Å². The molecule has 0 spiro atoms. The Bertz CT molecular complexity index is 899. The van der Waals surface area contributed by atoms with E-state index < -0.39 is 16.4 Å². The minimum Gasteiger partial charge on any atom is -0.406 e. The number of nitrogens with zero attached hydrogens (tertiary/aromatic N) is 1. The van der Waals surface area contributed by atoms with Crippen LogP contribution in [-0.4, -0.2) is 33.8 Å². The maximum Gasteiger partial charge on any atom is 0.573 e. The average Bonchev–Trinajstić information content (AvgIpc) is 3.00. The number of anilines is 1. The lowest BCUT2D eigenvalue weighted by atomic mass is 10.3. The molecule has 0 amide bonds. The number of nitrogens with two attached hydrogens (primary N) is 1. The van der Waals surface area contributed by atoms with Crippen LogP contribution >= 0.6 is 22.9 Å². The molecule has 1 aromatic carbocycles. The molecule has 4 N–H and O–H groups in total. The predicted molar refractivity (Wildman–Crippen MR) is 97.8 cm³/mol. The first kappa shape index (κ1) is 21.3. The molecule has 7 nitrogen and oxygen atoms in total. The van der Waals surface area contributed by atoms with Crippen molar-refractivity contribution in [2.75, 3.05) is 18.4 Å². The minimum atomic E-state index is -4.77. The van der Waals surface area contributed by atoms with Gasteiger partial charge < -0.3 is 15.8 Å². The van der Waals surface area contributed by atoms with E-state index in [9.17, 15) is 21.6 Å². The van der Waals surface area contributed by atoms with E-state index in [0.717, 1.165) is 23.5 Å². The zero-order valence-electron chi connectivity index (χ0n) is 13.5. The van der Waals surface area contributed by atoms with E-state index >= 15 is 0 Å². The summed E-state index contributed by atoms with van der Waals surface area (Å²) < 4.78 is 66.7. The van der Waals surface area contributed by atoms with Gasteiger partial charge in [0.2, 0.25) is 10.0 Å². The van der Waals surface area contributed by atoms with Gasteiger partial charge in [0.05, 0.1) is 10.9 Å². The Morgan fingerprint density at radius 3 is 2.44 bits per heavy atom. The maximum absolute atomic E-state index is 12.1. The molecule has 2 rings (SSSR count). The van der Waals surface area contributed by atoms with Crippen LogP contribution in [0.5, 0.6) is 5.75 Å². The molecule has 0 saturated heterocycles. The third-order valence-electron chi connectivity index (χ3n) is 2.86. The summed E-state index contributed by atoms with van der Waals surface area (Å²) in [6, 6.07) is 7.75. The molecule has 0 radical (unpaired) electrons. The highest BCUT2D eigenvalue weighted by molar-refractivity contribution is 7.91.